The number of aliphatic hydroxyl groups is 1. The van der Waals surface area contributed by atoms with Gasteiger partial charge in [0.1, 0.15) is 0 Å². The van der Waals surface area contributed by atoms with Crippen molar-refractivity contribution in [2.24, 2.45) is 0 Å². The molecule has 2 fully saturated rings. The van der Waals surface area contributed by atoms with Crippen molar-refractivity contribution in [2.75, 3.05) is 50.4 Å². The Morgan fingerprint density at radius 1 is 1.10 bits per heavy atom. The number of benzene rings is 2. The highest BCUT2D eigenvalue weighted by Gasteiger charge is 2.34. The normalized spacial score (nSPS) is 25.3. The lowest BCUT2D eigenvalue weighted by molar-refractivity contribution is -0.946. The second-order valence-electron chi connectivity index (χ2n) is 8.70. The molecule has 0 saturated carbocycles. The lowest BCUT2D eigenvalue weighted by atomic mass is 9.88. The van der Waals surface area contributed by atoms with Crippen LogP contribution in [0.15, 0.2) is 66.2 Å². The molecule has 2 aromatic rings. The summed E-state index contributed by atoms with van der Waals surface area (Å²) < 4.78 is 0.680. The number of hydrogen-bond acceptors (Lipinski definition) is 4. The molecule has 6 nitrogen and oxygen atoms in total. The van der Waals surface area contributed by atoms with Gasteiger partial charge in [-0.3, -0.25) is 19.3 Å². The number of nitrogens with one attached hydrogen (secondary N) is 1. The van der Waals surface area contributed by atoms with Crippen LogP contribution in [0.25, 0.3) is 0 Å². The Morgan fingerprint density at radius 3 is 2.35 bits per heavy atom. The zero-order valence-electron chi connectivity index (χ0n) is 18.5. The fraction of sp³-hybridized carbons (Fsp3) is 0.400. The van der Waals surface area contributed by atoms with Crippen molar-refractivity contribution in [3.8, 4) is 0 Å². The third-order valence-corrected chi connectivity index (χ3v) is 6.86. The van der Waals surface area contributed by atoms with Crippen molar-refractivity contribution in [3.05, 3.63) is 71.8 Å². The Morgan fingerprint density at radius 2 is 1.77 bits per heavy atom. The number of hydrazine groups is 1. The molecule has 0 spiro atoms. The largest absolute Gasteiger partial charge is 0.347 e. The number of carbonyl (C=O) groups excluding carboxylic acids is 1. The van der Waals surface area contributed by atoms with Gasteiger partial charge in [0, 0.05) is 31.1 Å². The number of carbonyl (C=O) groups is 1. The van der Waals surface area contributed by atoms with E-state index in [0.717, 1.165) is 42.9 Å². The van der Waals surface area contributed by atoms with E-state index in [0.29, 0.717) is 23.6 Å². The molecule has 1 amide bonds. The summed E-state index contributed by atoms with van der Waals surface area (Å²) in [5.74, 6) is 0.638. The van der Waals surface area contributed by atoms with E-state index >= 15 is 0 Å². The monoisotopic (exact) mass is 421 g/mol. The Labute approximate surface area is 184 Å². The molecule has 0 aliphatic carbocycles. The number of likely N-dealkylation sites (tertiary alicyclic amines) is 1. The Balaban J connectivity index is 1.35. The SMILES string of the molecule is C/C=C1/CN(c2ccc(NC[N+]3(CO)CCC(c4ccccc4)CC3)cc2)N(C)C1=O. The van der Waals surface area contributed by atoms with E-state index in [1.165, 1.54) is 5.56 Å². The molecule has 2 aromatic carbocycles. The van der Waals surface area contributed by atoms with Crippen LogP contribution in [0.1, 0.15) is 31.2 Å². The highest BCUT2D eigenvalue weighted by Crippen LogP contribution is 2.31. The van der Waals surface area contributed by atoms with Crippen molar-refractivity contribution in [1.82, 2.24) is 5.01 Å². The van der Waals surface area contributed by atoms with Gasteiger partial charge < -0.3 is 10.4 Å². The van der Waals surface area contributed by atoms with E-state index < -0.39 is 0 Å². The summed E-state index contributed by atoms with van der Waals surface area (Å²) in [5, 5.41) is 17.3. The summed E-state index contributed by atoms with van der Waals surface area (Å²) in [6.07, 6.45) is 4.06. The molecular formula is C25H33N4O2+. The zero-order chi connectivity index (χ0) is 21.8. The molecule has 2 N–H and O–H groups in total. The van der Waals surface area contributed by atoms with Crippen LogP contribution in [0.5, 0.6) is 0 Å². The number of amides is 1. The first-order valence-electron chi connectivity index (χ1n) is 11.1. The molecule has 2 aliphatic heterocycles. The summed E-state index contributed by atoms with van der Waals surface area (Å²) in [5.41, 5.74) is 4.25. The molecule has 0 unspecified atom stereocenters. The number of allylic oxidation sites excluding steroid dienone is 1. The van der Waals surface area contributed by atoms with Crippen LogP contribution in [0.2, 0.25) is 0 Å². The highest BCUT2D eigenvalue weighted by molar-refractivity contribution is 5.98. The van der Waals surface area contributed by atoms with E-state index in [1.807, 2.05) is 42.3 Å². The summed E-state index contributed by atoms with van der Waals surface area (Å²) in [6.45, 7) is 5.30. The smallest absolute Gasteiger partial charge is 0.269 e. The fourth-order valence-corrected chi connectivity index (χ4v) is 4.67. The van der Waals surface area contributed by atoms with Gasteiger partial charge in [-0.25, -0.2) is 0 Å². The maximum Gasteiger partial charge on any atom is 0.269 e. The molecule has 2 heterocycles. The minimum absolute atomic E-state index is 0.0537. The minimum atomic E-state index is 0.0537. The van der Waals surface area contributed by atoms with Gasteiger partial charge >= 0.3 is 0 Å². The number of nitrogens with zero attached hydrogens (tertiary/aromatic N) is 3. The van der Waals surface area contributed by atoms with Crippen LogP contribution in [-0.2, 0) is 4.79 Å². The number of quaternary nitrogens is 1. The highest BCUT2D eigenvalue weighted by atomic mass is 16.3. The summed E-state index contributed by atoms with van der Waals surface area (Å²) in [4.78, 5) is 12.2. The third-order valence-electron chi connectivity index (χ3n) is 6.86. The standard InChI is InChI=1S/C25H33N4O2/c1-3-20-17-28(27(2)25(20)31)24-11-9-23(10-12-24)26-18-29(19-30)15-13-22(14-16-29)21-7-5-4-6-8-21/h3-12,22,26,30H,13-19H2,1-2H3/q+1/b20-3-. The summed E-state index contributed by atoms with van der Waals surface area (Å²) >= 11 is 0. The first-order chi connectivity index (χ1) is 15.0. The topological polar surface area (TPSA) is 55.8 Å². The van der Waals surface area contributed by atoms with E-state index in [4.69, 9.17) is 0 Å². The molecular weight excluding hydrogens is 388 g/mol. The Bertz CT molecular complexity index is 918. The number of likely N-dealkylation sites (N-methyl/N-ethyl adjacent to an activating group) is 1. The lowest BCUT2D eigenvalue weighted by Gasteiger charge is -2.42. The van der Waals surface area contributed by atoms with Gasteiger partial charge in [-0.2, -0.15) is 0 Å². The van der Waals surface area contributed by atoms with Gasteiger partial charge in [0.2, 0.25) is 0 Å². The quantitative estimate of drug-likeness (QED) is 0.553. The second kappa shape index (κ2) is 9.12. The van der Waals surface area contributed by atoms with Crippen molar-refractivity contribution in [3.63, 3.8) is 0 Å². The molecule has 31 heavy (non-hydrogen) atoms. The molecule has 0 atom stereocenters. The molecule has 2 aliphatic rings. The van der Waals surface area contributed by atoms with Gasteiger partial charge in [-0.1, -0.05) is 36.4 Å². The zero-order valence-corrected chi connectivity index (χ0v) is 18.5. The van der Waals surface area contributed by atoms with Crippen LogP contribution >= 0.6 is 0 Å². The predicted octanol–water partition coefficient (Wildman–Crippen LogP) is 3.54. The maximum absolute atomic E-state index is 12.2. The number of aliphatic hydroxyl groups excluding tert-OH is 1. The molecule has 6 heteroatoms. The van der Waals surface area contributed by atoms with Crippen LogP contribution in [0.3, 0.4) is 0 Å². The van der Waals surface area contributed by atoms with Crippen LogP contribution in [0, 0.1) is 0 Å². The number of piperidine rings is 1. The van der Waals surface area contributed by atoms with Gasteiger partial charge in [-0.15, -0.1) is 0 Å². The van der Waals surface area contributed by atoms with Gasteiger partial charge in [-0.05, 0) is 42.7 Å². The van der Waals surface area contributed by atoms with Crippen molar-refractivity contribution >= 4 is 17.3 Å². The van der Waals surface area contributed by atoms with Crippen molar-refractivity contribution in [2.45, 2.75) is 25.7 Å². The maximum atomic E-state index is 12.2. The molecule has 0 bridgehead atoms. The molecule has 4 rings (SSSR count). The van der Waals surface area contributed by atoms with E-state index in [2.05, 4.69) is 35.6 Å². The number of rotatable bonds is 6. The molecule has 0 aromatic heterocycles. The van der Waals surface area contributed by atoms with Crippen molar-refractivity contribution < 1.29 is 14.4 Å². The second-order valence-corrected chi connectivity index (χ2v) is 8.70. The molecule has 0 radical (unpaired) electrons. The Hall–Kier alpha value is -2.83. The average Bonchev–Trinajstić information content (AvgIpc) is 3.12. The first-order valence-corrected chi connectivity index (χ1v) is 11.1. The van der Waals surface area contributed by atoms with Crippen molar-refractivity contribution in [1.29, 1.82) is 0 Å². The summed E-state index contributed by atoms with van der Waals surface area (Å²) in [7, 11) is 1.80. The van der Waals surface area contributed by atoms with Crippen LogP contribution in [0.4, 0.5) is 11.4 Å². The van der Waals surface area contributed by atoms with E-state index in [1.54, 1.807) is 12.1 Å². The first kappa shape index (κ1) is 21.4. The molecule has 2 saturated heterocycles. The predicted molar refractivity (Wildman–Crippen MR) is 124 cm³/mol. The minimum Gasteiger partial charge on any atom is -0.347 e. The third kappa shape index (κ3) is 4.45. The van der Waals surface area contributed by atoms with E-state index in [-0.39, 0.29) is 12.6 Å². The van der Waals surface area contributed by atoms with Gasteiger partial charge in [0.05, 0.1) is 25.3 Å². The van der Waals surface area contributed by atoms with Gasteiger partial charge in [0.15, 0.2) is 13.4 Å². The Kier molecular flexibility index (Phi) is 6.30. The number of anilines is 2. The van der Waals surface area contributed by atoms with Crippen LogP contribution in [-0.4, -0.2) is 60.6 Å². The van der Waals surface area contributed by atoms with Gasteiger partial charge in [0.25, 0.3) is 5.91 Å². The van der Waals surface area contributed by atoms with E-state index in [9.17, 15) is 9.90 Å². The lowest BCUT2D eigenvalue weighted by Crippen LogP contribution is -2.55. The summed E-state index contributed by atoms with van der Waals surface area (Å²) in [6, 6.07) is 18.9. The average molecular weight is 422 g/mol. The fourth-order valence-electron chi connectivity index (χ4n) is 4.67. The molecule has 164 valence electrons. The number of hydrogen-bond donors (Lipinski definition) is 2. The van der Waals surface area contributed by atoms with Crippen LogP contribution < -0.4 is 10.3 Å².